The predicted molar refractivity (Wildman–Crippen MR) is 88.6 cm³/mol. The van der Waals surface area contributed by atoms with Gasteiger partial charge in [-0.15, -0.1) is 0 Å². The standard InChI is InChI=1S/C18H27N3/c1-19-17(21-14-12-18(15-21)10-6-11-18)20-13-5-9-16-7-3-2-4-8-16/h2-4,7-8H,5-6,9-15H2,1H3,(H,19,20). The minimum absolute atomic E-state index is 0.641. The topological polar surface area (TPSA) is 27.6 Å². The molecule has 3 nitrogen and oxygen atoms in total. The number of nitrogens with one attached hydrogen (secondary N) is 1. The lowest BCUT2D eigenvalue weighted by Crippen LogP contribution is -2.42. The van der Waals surface area contributed by atoms with E-state index in [4.69, 9.17) is 0 Å². The summed E-state index contributed by atoms with van der Waals surface area (Å²) in [5.74, 6) is 1.10. The zero-order valence-electron chi connectivity index (χ0n) is 13.1. The minimum Gasteiger partial charge on any atom is -0.356 e. The molecule has 1 N–H and O–H groups in total. The fourth-order valence-electron chi connectivity index (χ4n) is 3.67. The van der Waals surface area contributed by atoms with Gasteiger partial charge in [-0.3, -0.25) is 4.99 Å². The molecule has 3 rings (SSSR count). The Morgan fingerprint density at radius 3 is 2.67 bits per heavy atom. The van der Waals surface area contributed by atoms with Gasteiger partial charge >= 0.3 is 0 Å². The van der Waals surface area contributed by atoms with Crippen LogP contribution in [0.5, 0.6) is 0 Å². The highest BCUT2D eigenvalue weighted by atomic mass is 15.3. The van der Waals surface area contributed by atoms with Crippen molar-refractivity contribution in [1.29, 1.82) is 0 Å². The van der Waals surface area contributed by atoms with E-state index in [2.05, 4.69) is 45.5 Å². The molecule has 0 amide bonds. The Balaban J connectivity index is 1.41. The molecular formula is C18H27N3. The number of likely N-dealkylation sites (tertiary alicyclic amines) is 1. The van der Waals surface area contributed by atoms with Crippen LogP contribution in [-0.2, 0) is 6.42 Å². The summed E-state index contributed by atoms with van der Waals surface area (Å²) in [6.45, 7) is 3.40. The van der Waals surface area contributed by atoms with E-state index < -0.39 is 0 Å². The largest absolute Gasteiger partial charge is 0.356 e. The fraction of sp³-hybridized carbons (Fsp3) is 0.611. The van der Waals surface area contributed by atoms with E-state index >= 15 is 0 Å². The van der Waals surface area contributed by atoms with E-state index in [0.717, 1.165) is 25.3 Å². The summed E-state index contributed by atoms with van der Waals surface area (Å²) in [4.78, 5) is 6.93. The zero-order chi connectivity index (χ0) is 14.5. The van der Waals surface area contributed by atoms with Crippen molar-refractivity contribution in [3.8, 4) is 0 Å². The molecule has 1 heterocycles. The molecule has 0 radical (unpaired) electrons. The normalized spacial score (nSPS) is 20.6. The number of nitrogens with zero attached hydrogens (tertiary/aromatic N) is 2. The van der Waals surface area contributed by atoms with Crippen molar-refractivity contribution in [3.05, 3.63) is 35.9 Å². The first kappa shape index (κ1) is 14.4. The van der Waals surface area contributed by atoms with Crippen molar-refractivity contribution < 1.29 is 0 Å². The lowest BCUT2D eigenvalue weighted by Gasteiger charge is -2.38. The van der Waals surface area contributed by atoms with Crippen molar-refractivity contribution in [2.45, 2.75) is 38.5 Å². The molecule has 1 saturated carbocycles. The molecule has 1 aromatic carbocycles. The fourth-order valence-corrected chi connectivity index (χ4v) is 3.67. The van der Waals surface area contributed by atoms with E-state index in [9.17, 15) is 0 Å². The van der Waals surface area contributed by atoms with Gasteiger partial charge in [0, 0.05) is 26.7 Å². The van der Waals surface area contributed by atoms with Crippen LogP contribution in [0.1, 0.15) is 37.7 Å². The molecular weight excluding hydrogens is 258 g/mol. The van der Waals surface area contributed by atoms with Gasteiger partial charge in [-0.1, -0.05) is 36.8 Å². The van der Waals surface area contributed by atoms with E-state index in [-0.39, 0.29) is 0 Å². The Kier molecular flexibility index (Phi) is 4.47. The Hall–Kier alpha value is -1.51. The van der Waals surface area contributed by atoms with Gasteiger partial charge in [-0.25, -0.2) is 0 Å². The smallest absolute Gasteiger partial charge is 0.193 e. The number of benzene rings is 1. The summed E-state index contributed by atoms with van der Waals surface area (Å²) in [5.41, 5.74) is 2.06. The van der Waals surface area contributed by atoms with Crippen LogP contribution < -0.4 is 5.32 Å². The molecule has 2 fully saturated rings. The number of aliphatic imine (C=N–C) groups is 1. The van der Waals surface area contributed by atoms with E-state index in [1.165, 1.54) is 44.3 Å². The molecule has 1 aliphatic carbocycles. The summed E-state index contributed by atoms with van der Waals surface area (Å²) < 4.78 is 0. The van der Waals surface area contributed by atoms with Crippen LogP contribution in [0.4, 0.5) is 0 Å². The molecule has 3 heteroatoms. The number of hydrogen-bond acceptors (Lipinski definition) is 1. The van der Waals surface area contributed by atoms with E-state index in [1.807, 2.05) is 7.05 Å². The highest BCUT2D eigenvalue weighted by molar-refractivity contribution is 5.80. The second kappa shape index (κ2) is 6.50. The maximum absolute atomic E-state index is 4.47. The third kappa shape index (κ3) is 3.39. The van der Waals surface area contributed by atoms with Gasteiger partial charge in [0.2, 0.25) is 0 Å². The molecule has 0 aromatic heterocycles. The van der Waals surface area contributed by atoms with Crippen molar-refractivity contribution in [2.75, 3.05) is 26.7 Å². The maximum atomic E-state index is 4.47. The van der Waals surface area contributed by atoms with Crippen LogP contribution in [0.15, 0.2) is 35.3 Å². The summed E-state index contributed by atoms with van der Waals surface area (Å²) in [5, 5.41) is 3.54. The number of hydrogen-bond donors (Lipinski definition) is 1. The van der Waals surface area contributed by atoms with E-state index in [0.29, 0.717) is 5.41 Å². The van der Waals surface area contributed by atoms with Gasteiger partial charge in [0.1, 0.15) is 0 Å². The summed E-state index contributed by atoms with van der Waals surface area (Å²) in [6, 6.07) is 10.7. The van der Waals surface area contributed by atoms with Crippen molar-refractivity contribution in [1.82, 2.24) is 10.2 Å². The summed E-state index contributed by atoms with van der Waals surface area (Å²) in [6.07, 6.45) is 7.93. The molecule has 1 aromatic rings. The average Bonchev–Trinajstić information content (AvgIpc) is 2.94. The first-order chi connectivity index (χ1) is 10.3. The Labute approximate surface area is 128 Å². The summed E-state index contributed by atoms with van der Waals surface area (Å²) in [7, 11) is 1.91. The van der Waals surface area contributed by atoms with Gasteiger partial charge < -0.3 is 10.2 Å². The molecule has 0 bridgehead atoms. The molecule has 2 aliphatic rings. The van der Waals surface area contributed by atoms with Crippen LogP contribution in [0.25, 0.3) is 0 Å². The first-order valence-corrected chi connectivity index (χ1v) is 8.31. The average molecular weight is 285 g/mol. The van der Waals surface area contributed by atoms with Crippen molar-refractivity contribution >= 4 is 5.96 Å². The molecule has 21 heavy (non-hydrogen) atoms. The quantitative estimate of drug-likeness (QED) is 0.523. The zero-order valence-corrected chi connectivity index (χ0v) is 13.1. The molecule has 0 atom stereocenters. The monoisotopic (exact) mass is 285 g/mol. The third-order valence-corrected chi connectivity index (χ3v) is 5.13. The van der Waals surface area contributed by atoms with Gasteiger partial charge in [0.15, 0.2) is 5.96 Å². The Bertz CT molecular complexity index is 476. The molecule has 1 saturated heterocycles. The summed E-state index contributed by atoms with van der Waals surface area (Å²) >= 11 is 0. The Morgan fingerprint density at radius 1 is 1.24 bits per heavy atom. The van der Waals surface area contributed by atoms with Crippen LogP contribution in [0.2, 0.25) is 0 Å². The van der Waals surface area contributed by atoms with Crippen LogP contribution in [0.3, 0.4) is 0 Å². The molecule has 0 unspecified atom stereocenters. The highest BCUT2D eigenvalue weighted by Gasteiger charge is 2.43. The second-order valence-electron chi connectivity index (χ2n) is 6.59. The van der Waals surface area contributed by atoms with Crippen molar-refractivity contribution in [2.24, 2.45) is 10.4 Å². The minimum atomic E-state index is 0.641. The van der Waals surface area contributed by atoms with Crippen LogP contribution in [-0.4, -0.2) is 37.5 Å². The van der Waals surface area contributed by atoms with Crippen LogP contribution >= 0.6 is 0 Å². The first-order valence-electron chi connectivity index (χ1n) is 8.31. The second-order valence-corrected chi connectivity index (χ2v) is 6.59. The van der Waals surface area contributed by atoms with Crippen LogP contribution in [0, 0.1) is 5.41 Å². The number of guanidine groups is 1. The third-order valence-electron chi connectivity index (χ3n) is 5.13. The number of aryl methyl sites for hydroxylation is 1. The van der Waals surface area contributed by atoms with E-state index in [1.54, 1.807) is 0 Å². The molecule has 1 aliphatic heterocycles. The lowest BCUT2D eigenvalue weighted by atomic mass is 9.68. The van der Waals surface area contributed by atoms with Crippen molar-refractivity contribution in [3.63, 3.8) is 0 Å². The highest BCUT2D eigenvalue weighted by Crippen LogP contribution is 2.47. The molecule has 114 valence electrons. The lowest BCUT2D eigenvalue weighted by molar-refractivity contribution is 0.151. The predicted octanol–water partition coefficient (Wildman–Crippen LogP) is 3.07. The number of rotatable bonds is 4. The van der Waals surface area contributed by atoms with Gasteiger partial charge in [0.05, 0.1) is 0 Å². The maximum Gasteiger partial charge on any atom is 0.193 e. The molecule has 1 spiro atoms. The SMILES string of the molecule is CN=C(NCCCc1ccccc1)N1CCC2(CCC2)C1. The Morgan fingerprint density at radius 2 is 2.05 bits per heavy atom. The van der Waals surface area contributed by atoms with Gasteiger partial charge in [-0.05, 0) is 43.1 Å². The van der Waals surface area contributed by atoms with Gasteiger partial charge in [-0.2, -0.15) is 0 Å². The van der Waals surface area contributed by atoms with Gasteiger partial charge in [0.25, 0.3) is 0 Å².